The molecule has 0 bridgehead atoms. The zero-order chi connectivity index (χ0) is 23.4. The van der Waals surface area contributed by atoms with Crippen LogP contribution in [-0.4, -0.2) is 40.1 Å². The van der Waals surface area contributed by atoms with Crippen molar-refractivity contribution in [2.75, 3.05) is 11.9 Å². The van der Waals surface area contributed by atoms with Crippen molar-refractivity contribution in [2.45, 2.75) is 52.1 Å². The van der Waals surface area contributed by atoms with Gasteiger partial charge in [0.1, 0.15) is 11.6 Å². The third-order valence-corrected chi connectivity index (χ3v) is 7.08. The largest absolute Gasteiger partial charge is 0.459 e. The number of thiazole rings is 1. The minimum atomic E-state index is -0.489. The molecule has 2 fully saturated rings. The van der Waals surface area contributed by atoms with Crippen molar-refractivity contribution in [3.05, 3.63) is 45.9 Å². The van der Waals surface area contributed by atoms with Gasteiger partial charge in [-0.3, -0.25) is 24.1 Å². The van der Waals surface area contributed by atoms with Gasteiger partial charge in [-0.15, -0.1) is 11.3 Å². The van der Waals surface area contributed by atoms with Gasteiger partial charge in [0.15, 0.2) is 0 Å². The number of fused-ring (bicyclic) bond motifs is 1. The Morgan fingerprint density at radius 2 is 1.85 bits per heavy atom. The van der Waals surface area contributed by atoms with Gasteiger partial charge in [0.05, 0.1) is 30.4 Å². The van der Waals surface area contributed by atoms with E-state index < -0.39 is 5.97 Å². The van der Waals surface area contributed by atoms with Gasteiger partial charge in [-0.25, -0.2) is 4.98 Å². The lowest BCUT2D eigenvalue weighted by molar-refractivity contribution is -0.147. The average molecular weight is 470 g/mol. The van der Waals surface area contributed by atoms with E-state index in [4.69, 9.17) is 4.74 Å². The zero-order valence-electron chi connectivity index (χ0n) is 18.5. The number of likely N-dealkylation sites (tertiary alicyclic amines) is 1. The van der Waals surface area contributed by atoms with Crippen molar-refractivity contribution in [1.29, 1.82) is 0 Å². The van der Waals surface area contributed by atoms with E-state index >= 15 is 0 Å². The molecule has 1 aromatic heterocycles. The minimum absolute atomic E-state index is 0.0120. The molecule has 1 aromatic carbocycles. The summed E-state index contributed by atoms with van der Waals surface area (Å²) in [5.41, 5.74) is 2.31. The number of esters is 1. The summed E-state index contributed by atoms with van der Waals surface area (Å²) in [5.74, 6) is -1.37. The number of aryl methyl sites for hydroxylation is 1. The highest BCUT2D eigenvalue weighted by Crippen LogP contribution is 2.38. The van der Waals surface area contributed by atoms with Gasteiger partial charge in [0.2, 0.25) is 17.7 Å². The van der Waals surface area contributed by atoms with Crippen molar-refractivity contribution in [3.63, 3.8) is 0 Å². The molecule has 2 aromatic rings. The number of amides is 3. The predicted molar refractivity (Wildman–Crippen MR) is 122 cm³/mol. The molecule has 1 saturated heterocycles. The number of hydrogen-bond acceptors (Lipinski definition) is 7. The monoisotopic (exact) mass is 469 g/mol. The summed E-state index contributed by atoms with van der Waals surface area (Å²) >= 11 is 1.33. The Balaban J connectivity index is 1.21. The van der Waals surface area contributed by atoms with Crippen molar-refractivity contribution in [1.82, 2.24) is 9.88 Å². The number of nitrogens with one attached hydrogen (secondary N) is 1. The van der Waals surface area contributed by atoms with Crippen LogP contribution in [-0.2, 0) is 36.9 Å². The van der Waals surface area contributed by atoms with Gasteiger partial charge in [-0.1, -0.05) is 31.0 Å². The van der Waals surface area contributed by atoms with E-state index in [-0.39, 0.29) is 55.6 Å². The van der Waals surface area contributed by atoms with E-state index in [0.717, 1.165) is 36.9 Å². The zero-order valence-corrected chi connectivity index (χ0v) is 19.4. The van der Waals surface area contributed by atoms with E-state index in [1.165, 1.54) is 16.2 Å². The fourth-order valence-corrected chi connectivity index (χ4v) is 5.20. The van der Waals surface area contributed by atoms with Crippen molar-refractivity contribution in [3.8, 4) is 0 Å². The number of aromatic nitrogens is 1. The van der Waals surface area contributed by atoms with Gasteiger partial charge in [-0.2, -0.15) is 0 Å². The lowest BCUT2D eigenvalue weighted by Gasteiger charge is -2.19. The van der Waals surface area contributed by atoms with Crippen molar-refractivity contribution < 1.29 is 23.9 Å². The molecule has 33 heavy (non-hydrogen) atoms. The van der Waals surface area contributed by atoms with Crippen LogP contribution in [0, 0.1) is 18.8 Å². The molecule has 4 rings (SSSR count). The lowest BCUT2D eigenvalue weighted by atomic mass is 9.81. The number of anilines is 1. The number of rotatable bonds is 8. The van der Waals surface area contributed by atoms with Crippen molar-refractivity contribution in [2.24, 2.45) is 11.8 Å². The lowest BCUT2D eigenvalue weighted by Crippen LogP contribution is -2.33. The average Bonchev–Trinajstić information content (AvgIpc) is 3.35. The Hall–Kier alpha value is -3.07. The molecule has 9 heteroatoms. The number of para-hydroxylation sites is 1. The topological polar surface area (TPSA) is 106 Å². The molecule has 2 aliphatic rings. The number of hydrogen-bond donors (Lipinski definition) is 1. The Bertz CT molecular complexity index is 1040. The maximum Gasteiger partial charge on any atom is 0.307 e. The highest BCUT2D eigenvalue weighted by atomic mass is 32.1. The highest BCUT2D eigenvalue weighted by molar-refractivity contribution is 7.09. The standard InChI is InChI=1S/C24H27N3O5S/c1-15-6-2-5-9-19(15)26-20(28)12-21-25-16(14-33-21)13-32-22(29)10-11-27-23(30)17-7-3-4-8-18(17)24(27)31/h2,5-6,9,14,17-18H,3-4,7-8,10-13H2,1H3,(H,26,28)/t17-,18-/m1/s1. The van der Waals surface area contributed by atoms with Crippen LogP contribution in [0.25, 0.3) is 0 Å². The number of benzene rings is 1. The van der Waals surface area contributed by atoms with Gasteiger partial charge in [-0.05, 0) is 31.4 Å². The Morgan fingerprint density at radius 1 is 1.15 bits per heavy atom. The molecule has 0 spiro atoms. The highest BCUT2D eigenvalue weighted by Gasteiger charge is 2.47. The summed E-state index contributed by atoms with van der Waals surface area (Å²) in [7, 11) is 0. The maximum atomic E-state index is 12.5. The molecule has 2 atom stereocenters. The molecule has 8 nitrogen and oxygen atoms in total. The molecule has 0 unspecified atom stereocenters. The van der Waals surface area contributed by atoms with Crippen LogP contribution in [0.2, 0.25) is 0 Å². The smallest absolute Gasteiger partial charge is 0.307 e. The molecule has 174 valence electrons. The first-order valence-corrected chi connectivity index (χ1v) is 12.1. The number of carbonyl (C=O) groups excluding carboxylic acids is 4. The van der Waals surface area contributed by atoms with Crippen LogP contribution in [0.3, 0.4) is 0 Å². The fourth-order valence-electron chi connectivity index (χ4n) is 4.42. The maximum absolute atomic E-state index is 12.5. The molecule has 2 heterocycles. The number of carbonyl (C=O) groups is 4. The summed E-state index contributed by atoms with van der Waals surface area (Å²) in [4.78, 5) is 55.0. The van der Waals surface area contributed by atoms with Crippen LogP contribution >= 0.6 is 11.3 Å². The van der Waals surface area contributed by atoms with Crippen LogP contribution in [0.15, 0.2) is 29.6 Å². The molecule has 1 saturated carbocycles. The Morgan fingerprint density at radius 3 is 2.55 bits per heavy atom. The number of nitrogens with zero attached hydrogens (tertiary/aromatic N) is 2. The van der Waals surface area contributed by atoms with E-state index in [1.807, 2.05) is 31.2 Å². The SMILES string of the molecule is Cc1ccccc1NC(=O)Cc1nc(COC(=O)CCN2C(=O)[C@@H]3CCCC[C@H]3C2=O)cs1. The Labute approximate surface area is 196 Å². The summed E-state index contributed by atoms with van der Waals surface area (Å²) in [5, 5.41) is 5.25. The molecular formula is C24H27N3O5S. The number of ether oxygens (including phenoxy) is 1. The summed E-state index contributed by atoms with van der Waals surface area (Å²) in [6.45, 7) is 1.97. The second-order valence-corrected chi connectivity index (χ2v) is 9.45. The van der Waals surface area contributed by atoms with Crippen LogP contribution in [0.1, 0.15) is 48.4 Å². The molecule has 1 N–H and O–H groups in total. The minimum Gasteiger partial charge on any atom is -0.459 e. The molecule has 1 aliphatic heterocycles. The summed E-state index contributed by atoms with van der Waals surface area (Å²) < 4.78 is 5.26. The third-order valence-electron chi connectivity index (χ3n) is 6.18. The summed E-state index contributed by atoms with van der Waals surface area (Å²) in [6, 6.07) is 7.54. The van der Waals surface area contributed by atoms with E-state index in [9.17, 15) is 19.2 Å². The van der Waals surface area contributed by atoms with Gasteiger partial charge < -0.3 is 10.1 Å². The quantitative estimate of drug-likeness (QED) is 0.470. The van der Waals surface area contributed by atoms with Crippen LogP contribution in [0.4, 0.5) is 5.69 Å². The second kappa shape index (κ2) is 10.2. The van der Waals surface area contributed by atoms with Gasteiger partial charge in [0.25, 0.3) is 0 Å². The fraction of sp³-hybridized carbons (Fsp3) is 0.458. The second-order valence-electron chi connectivity index (χ2n) is 8.51. The first kappa shape index (κ1) is 23.1. The van der Waals surface area contributed by atoms with E-state index in [1.54, 1.807) is 5.38 Å². The third kappa shape index (κ3) is 5.47. The first-order valence-electron chi connectivity index (χ1n) is 11.2. The normalized spacial score (nSPS) is 20.0. The summed E-state index contributed by atoms with van der Waals surface area (Å²) in [6.07, 6.45) is 3.55. The molecule has 0 radical (unpaired) electrons. The predicted octanol–water partition coefficient (Wildman–Crippen LogP) is 3.24. The first-order chi connectivity index (χ1) is 15.9. The van der Waals surface area contributed by atoms with E-state index in [0.29, 0.717) is 10.7 Å². The van der Waals surface area contributed by atoms with Gasteiger partial charge >= 0.3 is 5.97 Å². The van der Waals surface area contributed by atoms with E-state index in [2.05, 4.69) is 10.3 Å². The Kier molecular flexibility index (Phi) is 7.17. The molecule has 3 amide bonds. The van der Waals surface area contributed by atoms with Gasteiger partial charge in [0, 0.05) is 17.6 Å². The molecular weight excluding hydrogens is 442 g/mol. The number of imide groups is 1. The van der Waals surface area contributed by atoms with Crippen molar-refractivity contribution >= 4 is 40.7 Å². The molecule has 1 aliphatic carbocycles. The van der Waals surface area contributed by atoms with Crippen LogP contribution in [0.5, 0.6) is 0 Å². The van der Waals surface area contributed by atoms with Crippen LogP contribution < -0.4 is 5.32 Å².